The lowest BCUT2D eigenvalue weighted by molar-refractivity contribution is -0.138. The molecule has 2 aromatic carbocycles. The number of carboxylic acid groups (broad SMARTS) is 1. The maximum Gasteiger partial charge on any atom is 0.321 e. The van der Waals surface area contributed by atoms with Gasteiger partial charge in [-0.1, -0.05) is 12.1 Å². The zero-order valence-electron chi connectivity index (χ0n) is 15.6. The fourth-order valence-electron chi connectivity index (χ4n) is 2.85. The van der Waals surface area contributed by atoms with Crippen LogP contribution in [0.2, 0.25) is 0 Å². The molecule has 2 aromatic rings. The van der Waals surface area contributed by atoms with Crippen LogP contribution >= 0.6 is 27.7 Å². The number of benzene rings is 2. The average molecular weight is 468 g/mol. The molecular formula is C20H22BrNO5S. The molecule has 0 bridgehead atoms. The molecule has 150 valence electrons. The summed E-state index contributed by atoms with van der Waals surface area (Å²) < 4.78 is 17.8. The minimum absolute atomic E-state index is 0.106. The molecule has 0 saturated carbocycles. The average Bonchev–Trinajstić information content (AvgIpc) is 3.16. The largest absolute Gasteiger partial charge is 0.493 e. The molecular weight excluding hydrogens is 446 g/mol. The van der Waals surface area contributed by atoms with Crippen molar-refractivity contribution in [2.75, 3.05) is 26.1 Å². The van der Waals surface area contributed by atoms with E-state index < -0.39 is 12.0 Å². The summed E-state index contributed by atoms with van der Waals surface area (Å²) in [5.74, 6) is 1.67. The smallest absolute Gasteiger partial charge is 0.321 e. The van der Waals surface area contributed by atoms with Crippen LogP contribution in [0.15, 0.2) is 40.9 Å². The number of carbonyl (C=O) groups is 1. The van der Waals surface area contributed by atoms with Gasteiger partial charge in [0.25, 0.3) is 0 Å². The van der Waals surface area contributed by atoms with Crippen molar-refractivity contribution in [1.29, 1.82) is 0 Å². The predicted molar refractivity (Wildman–Crippen MR) is 113 cm³/mol. The van der Waals surface area contributed by atoms with Gasteiger partial charge >= 0.3 is 5.97 Å². The van der Waals surface area contributed by atoms with Crippen LogP contribution in [0, 0.1) is 6.92 Å². The predicted octanol–water partition coefficient (Wildman–Crippen LogP) is 4.01. The van der Waals surface area contributed by atoms with Crippen LogP contribution in [-0.4, -0.2) is 43.2 Å². The molecule has 2 unspecified atom stereocenters. The number of aryl methyl sites for hydroxylation is 1. The fraction of sp³-hybridized carbons (Fsp3) is 0.350. The Morgan fingerprint density at radius 2 is 2.07 bits per heavy atom. The first-order chi connectivity index (χ1) is 13.5. The van der Waals surface area contributed by atoms with Crippen molar-refractivity contribution in [2.45, 2.75) is 18.3 Å². The minimum Gasteiger partial charge on any atom is -0.493 e. The van der Waals surface area contributed by atoms with Crippen LogP contribution in [-0.2, 0) is 4.79 Å². The molecule has 2 N–H and O–H groups in total. The van der Waals surface area contributed by atoms with Gasteiger partial charge in [0, 0.05) is 5.75 Å². The SMILES string of the molecule is COc1cc(C2NC(C(=O)O)CS2)cc(Br)c1OCCOc1cccc(C)c1. The summed E-state index contributed by atoms with van der Waals surface area (Å²) in [6, 6.07) is 11.1. The second kappa shape index (κ2) is 9.54. The first-order valence-electron chi connectivity index (χ1n) is 8.78. The molecule has 2 atom stereocenters. The number of carboxylic acids is 1. The number of ether oxygens (including phenoxy) is 3. The number of thioether (sulfide) groups is 1. The molecule has 6 nitrogen and oxygen atoms in total. The Kier molecular flexibility index (Phi) is 7.09. The van der Waals surface area contributed by atoms with Crippen molar-refractivity contribution in [3.63, 3.8) is 0 Å². The molecule has 1 aliphatic heterocycles. The van der Waals surface area contributed by atoms with Gasteiger partial charge in [0.15, 0.2) is 11.5 Å². The molecule has 8 heteroatoms. The monoisotopic (exact) mass is 467 g/mol. The van der Waals surface area contributed by atoms with Gasteiger partial charge in [-0.05, 0) is 58.2 Å². The van der Waals surface area contributed by atoms with Crippen molar-refractivity contribution in [3.05, 3.63) is 52.0 Å². The van der Waals surface area contributed by atoms with Crippen molar-refractivity contribution in [1.82, 2.24) is 5.32 Å². The Labute approximate surface area is 176 Å². The maximum atomic E-state index is 11.1. The van der Waals surface area contributed by atoms with E-state index in [-0.39, 0.29) is 5.37 Å². The highest BCUT2D eigenvalue weighted by molar-refractivity contribution is 9.10. The first kappa shape index (κ1) is 20.8. The third kappa shape index (κ3) is 5.12. The van der Waals surface area contributed by atoms with Gasteiger partial charge in [-0.3, -0.25) is 10.1 Å². The lowest BCUT2D eigenvalue weighted by Crippen LogP contribution is -2.33. The molecule has 1 aliphatic rings. The highest BCUT2D eigenvalue weighted by Crippen LogP contribution is 2.42. The fourth-order valence-corrected chi connectivity index (χ4v) is 4.63. The summed E-state index contributed by atoms with van der Waals surface area (Å²) >= 11 is 5.09. The van der Waals surface area contributed by atoms with Crippen molar-refractivity contribution in [3.8, 4) is 17.2 Å². The van der Waals surface area contributed by atoms with E-state index in [1.165, 1.54) is 0 Å². The quantitative estimate of drug-likeness (QED) is 0.567. The normalized spacial score (nSPS) is 18.7. The topological polar surface area (TPSA) is 77.0 Å². The van der Waals surface area contributed by atoms with Crippen molar-refractivity contribution < 1.29 is 24.1 Å². The first-order valence-corrected chi connectivity index (χ1v) is 10.6. The number of methoxy groups -OCH3 is 1. The molecule has 0 aromatic heterocycles. The van der Waals surface area contributed by atoms with E-state index in [1.54, 1.807) is 18.9 Å². The van der Waals surface area contributed by atoms with E-state index in [0.29, 0.717) is 30.5 Å². The zero-order chi connectivity index (χ0) is 20.1. The Morgan fingerprint density at radius 3 is 2.75 bits per heavy atom. The highest BCUT2D eigenvalue weighted by Gasteiger charge is 2.31. The van der Waals surface area contributed by atoms with Crippen LogP contribution in [0.1, 0.15) is 16.5 Å². The van der Waals surface area contributed by atoms with Crippen LogP contribution in [0.5, 0.6) is 17.2 Å². The lowest BCUT2D eigenvalue weighted by atomic mass is 10.2. The number of halogens is 1. The van der Waals surface area contributed by atoms with E-state index in [9.17, 15) is 4.79 Å². The molecule has 28 heavy (non-hydrogen) atoms. The van der Waals surface area contributed by atoms with Gasteiger partial charge in [-0.2, -0.15) is 0 Å². The summed E-state index contributed by atoms with van der Waals surface area (Å²) in [4.78, 5) is 11.1. The number of rotatable bonds is 8. The van der Waals surface area contributed by atoms with Gasteiger partial charge in [0.2, 0.25) is 0 Å². The van der Waals surface area contributed by atoms with Crippen LogP contribution in [0.3, 0.4) is 0 Å². The standard InChI is InChI=1S/C20H22BrNO5S/c1-12-4-3-5-14(8-12)26-6-7-27-18-15(21)9-13(10-17(18)25-2)19-22-16(11-28-19)20(23)24/h3-5,8-10,16,19,22H,6-7,11H2,1-2H3,(H,23,24). The minimum atomic E-state index is -0.838. The Morgan fingerprint density at radius 1 is 1.29 bits per heavy atom. The maximum absolute atomic E-state index is 11.1. The summed E-state index contributed by atoms with van der Waals surface area (Å²) in [6.45, 7) is 2.78. The number of nitrogens with one attached hydrogen (secondary N) is 1. The molecule has 0 amide bonds. The molecule has 1 saturated heterocycles. The van der Waals surface area contributed by atoms with Gasteiger partial charge in [-0.15, -0.1) is 11.8 Å². The molecule has 1 heterocycles. The summed E-state index contributed by atoms with van der Waals surface area (Å²) in [5.41, 5.74) is 2.07. The van der Waals surface area contributed by atoms with Crippen molar-refractivity contribution in [2.24, 2.45) is 0 Å². The summed E-state index contributed by atoms with van der Waals surface area (Å²) in [7, 11) is 1.58. The van der Waals surface area contributed by atoms with Gasteiger partial charge in [0.1, 0.15) is 25.0 Å². The highest BCUT2D eigenvalue weighted by atomic mass is 79.9. The number of hydrogen-bond donors (Lipinski definition) is 2. The van der Waals surface area contributed by atoms with Gasteiger partial charge < -0.3 is 19.3 Å². The van der Waals surface area contributed by atoms with E-state index in [2.05, 4.69) is 21.2 Å². The number of aliphatic carboxylic acids is 1. The van der Waals surface area contributed by atoms with Crippen LogP contribution in [0.4, 0.5) is 0 Å². The lowest BCUT2D eigenvalue weighted by Gasteiger charge is -2.17. The second-order valence-corrected chi connectivity index (χ2v) is 8.31. The second-order valence-electron chi connectivity index (χ2n) is 6.32. The van der Waals surface area contributed by atoms with E-state index in [4.69, 9.17) is 19.3 Å². The molecule has 3 rings (SSSR count). The van der Waals surface area contributed by atoms with Crippen LogP contribution < -0.4 is 19.5 Å². The van der Waals surface area contributed by atoms with E-state index in [0.717, 1.165) is 21.3 Å². The molecule has 0 spiro atoms. The van der Waals surface area contributed by atoms with Gasteiger partial charge in [0.05, 0.1) is 17.0 Å². The summed E-state index contributed by atoms with van der Waals surface area (Å²) in [5, 5.41) is 12.2. The molecule has 1 fully saturated rings. The van der Waals surface area contributed by atoms with Gasteiger partial charge in [-0.25, -0.2) is 0 Å². The summed E-state index contributed by atoms with van der Waals surface area (Å²) in [6.07, 6.45) is 0. The Bertz CT molecular complexity index is 847. The van der Waals surface area contributed by atoms with E-state index >= 15 is 0 Å². The third-order valence-corrected chi connectivity index (χ3v) is 6.08. The number of hydrogen-bond acceptors (Lipinski definition) is 6. The Hall–Kier alpha value is -1.90. The molecule has 0 aliphatic carbocycles. The van der Waals surface area contributed by atoms with Crippen LogP contribution in [0.25, 0.3) is 0 Å². The van der Waals surface area contributed by atoms with Crippen molar-refractivity contribution >= 4 is 33.7 Å². The molecule has 0 radical (unpaired) electrons. The van der Waals surface area contributed by atoms with E-state index in [1.807, 2.05) is 43.3 Å². The Balaban J connectivity index is 1.62. The third-order valence-electron chi connectivity index (χ3n) is 4.22. The zero-order valence-corrected chi connectivity index (χ0v) is 18.0.